The maximum atomic E-state index is 12.2. The number of hydrogen-bond donors (Lipinski definition) is 1. The number of rotatable bonds is 4. The Balaban J connectivity index is 2.12. The van der Waals surface area contributed by atoms with Crippen LogP contribution in [0.5, 0.6) is 0 Å². The van der Waals surface area contributed by atoms with E-state index in [0.29, 0.717) is 18.8 Å². The number of aromatic nitrogens is 2. The van der Waals surface area contributed by atoms with Crippen molar-refractivity contribution in [3.8, 4) is 0 Å². The van der Waals surface area contributed by atoms with Crippen LogP contribution in [0.25, 0.3) is 0 Å². The highest BCUT2D eigenvalue weighted by atomic mass is 16.5. The first-order chi connectivity index (χ1) is 7.76. The molecule has 0 aliphatic carbocycles. The van der Waals surface area contributed by atoms with Crippen LogP contribution in [-0.2, 0) is 11.3 Å². The Hall–Kier alpha value is -1.20. The number of Topliss-reactive ketones (excluding diaryl/α,β-unsaturated/α-hetero) is 1. The number of carbonyl (C=O) groups is 1. The van der Waals surface area contributed by atoms with Crippen LogP contribution in [0.2, 0.25) is 0 Å². The summed E-state index contributed by atoms with van der Waals surface area (Å²) in [5.74, 6) is 0.0380. The van der Waals surface area contributed by atoms with E-state index in [4.69, 9.17) is 4.74 Å². The predicted molar refractivity (Wildman–Crippen MR) is 59.4 cm³/mol. The van der Waals surface area contributed by atoms with Crippen LogP contribution in [0, 0.1) is 5.92 Å². The number of likely N-dealkylation sites (N-methyl/N-ethyl adjacent to an activating group) is 1. The Morgan fingerprint density at radius 2 is 2.50 bits per heavy atom. The van der Waals surface area contributed by atoms with Gasteiger partial charge in [0.1, 0.15) is 0 Å². The van der Waals surface area contributed by atoms with Crippen molar-refractivity contribution < 1.29 is 9.53 Å². The minimum absolute atomic E-state index is 0.0838. The van der Waals surface area contributed by atoms with Crippen molar-refractivity contribution in [1.82, 2.24) is 15.1 Å². The molecule has 5 heteroatoms. The van der Waals surface area contributed by atoms with Gasteiger partial charge in [-0.05, 0) is 14.0 Å². The van der Waals surface area contributed by atoms with E-state index in [9.17, 15) is 4.79 Å². The van der Waals surface area contributed by atoms with Gasteiger partial charge < -0.3 is 10.1 Å². The van der Waals surface area contributed by atoms with Gasteiger partial charge in [-0.2, -0.15) is 5.10 Å². The summed E-state index contributed by atoms with van der Waals surface area (Å²) >= 11 is 0. The summed E-state index contributed by atoms with van der Waals surface area (Å²) in [6.45, 7) is 3.89. The quantitative estimate of drug-likeness (QED) is 0.747. The Labute approximate surface area is 94.8 Å². The fraction of sp³-hybridized carbons (Fsp3) is 0.636. The van der Waals surface area contributed by atoms with Gasteiger partial charge in [-0.25, -0.2) is 0 Å². The number of ketones is 1. The summed E-state index contributed by atoms with van der Waals surface area (Å²) in [4.78, 5) is 12.2. The lowest BCUT2D eigenvalue weighted by atomic mass is 9.95. The Morgan fingerprint density at radius 1 is 1.69 bits per heavy atom. The second-order valence-corrected chi connectivity index (χ2v) is 3.99. The number of ether oxygens (including phenoxy) is 1. The second-order valence-electron chi connectivity index (χ2n) is 3.99. The third-order valence-electron chi connectivity index (χ3n) is 3.03. The predicted octanol–water partition coefficient (Wildman–Crippen LogP) is 0.320. The van der Waals surface area contributed by atoms with Crippen molar-refractivity contribution in [1.29, 1.82) is 0 Å². The first-order valence-electron chi connectivity index (χ1n) is 5.58. The molecule has 0 radical (unpaired) electrons. The first kappa shape index (κ1) is 11.3. The molecule has 2 heterocycles. The van der Waals surface area contributed by atoms with Gasteiger partial charge in [0.2, 0.25) is 0 Å². The molecule has 0 aromatic carbocycles. The van der Waals surface area contributed by atoms with Gasteiger partial charge in [0, 0.05) is 18.8 Å². The molecule has 88 valence electrons. The molecule has 2 unspecified atom stereocenters. The maximum Gasteiger partial charge on any atom is 0.173 e. The lowest BCUT2D eigenvalue weighted by Crippen LogP contribution is -2.36. The zero-order valence-electron chi connectivity index (χ0n) is 9.64. The molecule has 2 rings (SSSR count). The zero-order chi connectivity index (χ0) is 11.5. The second kappa shape index (κ2) is 4.76. The first-order valence-corrected chi connectivity index (χ1v) is 5.58. The molecule has 0 bridgehead atoms. The molecular weight excluding hydrogens is 206 g/mol. The average molecular weight is 223 g/mol. The van der Waals surface area contributed by atoms with Crippen LogP contribution < -0.4 is 5.32 Å². The molecular formula is C11H17N3O2. The van der Waals surface area contributed by atoms with Crippen LogP contribution in [0.3, 0.4) is 0 Å². The summed E-state index contributed by atoms with van der Waals surface area (Å²) < 4.78 is 7.09. The molecule has 1 aliphatic rings. The van der Waals surface area contributed by atoms with Crippen LogP contribution in [0.4, 0.5) is 0 Å². The normalized spacial score (nSPS) is 24.9. The highest BCUT2D eigenvalue weighted by Gasteiger charge is 2.33. The molecule has 1 saturated heterocycles. The lowest BCUT2D eigenvalue weighted by Gasteiger charge is -2.14. The average Bonchev–Trinajstić information content (AvgIpc) is 2.96. The molecule has 1 fully saturated rings. The molecule has 1 aromatic rings. The maximum absolute atomic E-state index is 12.2. The summed E-state index contributed by atoms with van der Waals surface area (Å²) in [6.07, 6.45) is 3.43. The van der Waals surface area contributed by atoms with Crippen molar-refractivity contribution in [2.45, 2.75) is 19.5 Å². The molecule has 0 spiro atoms. The van der Waals surface area contributed by atoms with Crippen molar-refractivity contribution in [2.75, 3.05) is 20.3 Å². The summed E-state index contributed by atoms with van der Waals surface area (Å²) in [5, 5.41) is 7.23. The van der Waals surface area contributed by atoms with Gasteiger partial charge in [-0.1, -0.05) is 0 Å². The third kappa shape index (κ3) is 2.01. The monoisotopic (exact) mass is 223 g/mol. The number of hydrogen-bond acceptors (Lipinski definition) is 4. The zero-order valence-corrected chi connectivity index (χ0v) is 9.64. The van der Waals surface area contributed by atoms with Crippen LogP contribution in [0.1, 0.15) is 17.3 Å². The molecule has 5 nitrogen and oxygen atoms in total. The highest BCUT2D eigenvalue weighted by molar-refractivity contribution is 5.98. The number of aryl methyl sites for hydroxylation is 1. The van der Waals surface area contributed by atoms with E-state index < -0.39 is 0 Å². The molecule has 1 aromatic heterocycles. The lowest BCUT2D eigenvalue weighted by molar-refractivity contribution is 0.0892. The van der Waals surface area contributed by atoms with Gasteiger partial charge >= 0.3 is 0 Å². The Morgan fingerprint density at radius 3 is 3.12 bits per heavy atom. The van der Waals surface area contributed by atoms with E-state index in [2.05, 4.69) is 10.4 Å². The standard InChI is InChI=1S/C11H17N3O2/c1-3-14-5-8(4-13-14)11(15)9-6-16-7-10(9)12-2/h4-5,9-10,12H,3,6-7H2,1-2H3. The SMILES string of the molecule is CCn1cc(C(=O)C2COCC2NC)cn1. The summed E-state index contributed by atoms with van der Waals surface area (Å²) in [5.41, 5.74) is 0.678. The molecule has 2 atom stereocenters. The van der Waals surface area contributed by atoms with Crippen LogP contribution in [-0.4, -0.2) is 41.9 Å². The number of carbonyl (C=O) groups excluding carboxylic acids is 1. The fourth-order valence-corrected chi connectivity index (χ4v) is 1.98. The van der Waals surface area contributed by atoms with Crippen molar-refractivity contribution in [3.05, 3.63) is 18.0 Å². The third-order valence-corrected chi connectivity index (χ3v) is 3.03. The van der Waals surface area contributed by atoms with E-state index in [1.165, 1.54) is 0 Å². The van der Waals surface area contributed by atoms with Gasteiger partial charge in [-0.3, -0.25) is 9.48 Å². The van der Waals surface area contributed by atoms with Crippen LogP contribution in [0.15, 0.2) is 12.4 Å². The Kier molecular flexibility index (Phi) is 3.36. The van der Waals surface area contributed by atoms with Gasteiger partial charge in [0.05, 0.1) is 30.9 Å². The summed E-state index contributed by atoms with van der Waals surface area (Å²) in [6, 6.07) is 0.123. The minimum atomic E-state index is -0.0838. The number of nitrogens with one attached hydrogen (secondary N) is 1. The van der Waals surface area contributed by atoms with Gasteiger partial charge in [-0.15, -0.1) is 0 Å². The van der Waals surface area contributed by atoms with E-state index in [1.54, 1.807) is 17.1 Å². The van der Waals surface area contributed by atoms with E-state index in [1.807, 2.05) is 14.0 Å². The van der Waals surface area contributed by atoms with E-state index in [0.717, 1.165) is 6.54 Å². The van der Waals surface area contributed by atoms with Crippen LogP contribution >= 0.6 is 0 Å². The summed E-state index contributed by atoms with van der Waals surface area (Å²) in [7, 11) is 1.86. The van der Waals surface area contributed by atoms with Gasteiger partial charge in [0.15, 0.2) is 5.78 Å². The van der Waals surface area contributed by atoms with E-state index >= 15 is 0 Å². The topological polar surface area (TPSA) is 56.1 Å². The minimum Gasteiger partial charge on any atom is -0.379 e. The highest BCUT2D eigenvalue weighted by Crippen LogP contribution is 2.18. The molecule has 0 saturated carbocycles. The van der Waals surface area contributed by atoms with Crippen molar-refractivity contribution >= 4 is 5.78 Å². The van der Waals surface area contributed by atoms with Crippen molar-refractivity contribution in [3.63, 3.8) is 0 Å². The number of nitrogens with zero attached hydrogens (tertiary/aromatic N) is 2. The largest absolute Gasteiger partial charge is 0.379 e. The van der Waals surface area contributed by atoms with Gasteiger partial charge in [0.25, 0.3) is 0 Å². The molecule has 1 N–H and O–H groups in total. The smallest absolute Gasteiger partial charge is 0.173 e. The van der Waals surface area contributed by atoms with Crippen molar-refractivity contribution in [2.24, 2.45) is 5.92 Å². The Bertz CT molecular complexity index is 375. The molecule has 1 aliphatic heterocycles. The fourth-order valence-electron chi connectivity index (χ4n) is 1.98. The molecule has 0 amide bonds. The van der Waals surface area contributed by atoms with E-state index in [-0.39, 0.29) is 17.7 Å². The molecule has 16 heavy (non-hydrogen) atoms.